The number of rotatable bonds is 5. The van der Waals surface area contributed by atoms with Crippen LogP contribution in [0.2, 0.25) is 0 Å². The smallest absolute Gasteiger partial charge is 0.173 e. The summed E-state index contributed by atoms with van der Waals surface area (Å²) in [7, 11) is 2.04. The minimum atomic E-state index is 0.638. The lowest BCUT2D eigenvalue weighted by Gasteiger charge is -2.08. The highest BCUT2D eigenvalue weighted by atomic mass is 14.9. The van der Waals surface area contributed by atoms with Crippen molar-refractivity contribution in [3.05, 3.63) is 84.4 Å². The maximum Gasteiger partial charge on any atom is 0.173 e. The minimum absolute atomic E-state index is 0.638. The molecule has 0 fully saturated rings. The van der Waals surface area contributed by atoms with Gasteiger partial charge < -0.3 is 0 Å². The fourth-order valence-electron chi connectivity index (χ4n) is 2.85. The molecule has 0 saturated carbocycles. The van der Waals surface area contributed by atoms with Gasteiger partial charge in [-0.05, 0) is 29.0 Å². The number of aryl methyl sites for hydroxylation is 1. The van der Waals surface area contributed by atoms with Crippen molar-refractivity contribution < 1.29 is 9.13 Å². The van der Waals surface area contributed by atoms with Gasteiger partial charge in [0.15, 0.2) is 31.3 Å². The molecule has 1 atom stereocenters. The van der Waals surface area contributed by atoms with Gasteiger partial charge in [-0.15, -0.1) is 0 Å². The Bertz CT molecular complexity index is 772. The number of aromatic nitrogens is 2. The second kappa shape index (κ2) is 7.39. The third-order valence-electron chi connectivity index (χ3n) is 4.73. The standard InChI is InChI=1S/C22H26N2/c1-4-18(2)20-7-5-19(6-8-20)17-24-15-11-22(12-16-24)21-9-13-23(3)14-10-21/h5-16,18H,4,17H2,1-3H3/q+2. The molecule has 2 heteroatoms. The van der Waals surface area contributed by atoms with E-state index in [2.05, 4.69) is 96.3 Å². The van der Waals surface area contributed by atoms with E-state index < -0.39 is 0 Å². The molecule has 3 rings (SSSR count). The topological polar surface area (TPSA) is 7.76 Å². The van der Waals surface area contributed by atoms with Crippen molar-refractivity contribution in [3.8, 4) is 11.1 Å². The Morgan fingerprint density at radius 1 is 0.792 bits per heavy atom. The number of benzene rings is 1. The summed E-state index contributed by atoms with van der Waals surface area (Å²) in [5.74, 6) is 0.638. The molecule has 3 aromatic rings. The second-order valence-corrected chi connectivity index (χ2v) is 6.56. The van der Waals surface area contributed by atoms with E-state index in [9.17, 15) is 0 Å². The van der Waals surface area contributed by atoms with Crippen molar-refractivity contribution in [2.75, 3.05) is 0 Å². The van der Waals surface area contributed by atoms with Gasteiger partial charge in [0.1, 0.15) is 7.05 Å². The number of pyridine rings is 2. The summed E-state index contributed by atoms with van der Waals surface area (Å²) in [5.41, 5.74) is 5.27. The molecule has 0 amide bonds. The molecule has 0 radical (unpaired) electrons. The first-order valence-electron chi connectivity index (χ1n) is 8.69. The van der Waals surface area contributed by atoms with Crippen molar-refractivity contribution in [1.82, 2.24) is 0 Å². The van der Waals surface area contributed by atoms with Crippen molar-refractivity contribution >= 4 is 0 Å². The van der Waals surface area contributed by atoms with Crippen molar-refractivity contribution in [2.24, 2.45) is 7.05 Å². The first kappa shape index (κ1) is 16.4. The molecule has 0 aliphatic rings. The minimum Gasteiger partial charge on any atom is -0.208 e. The zero-order valence-electron chi connectivity index (χ0n) is 14.8. The fraction of sp³-hybridized carbons (Fsp3) is 0.273. The Hall–Kier alpha value is -2.48. The highest BCUT2D eigenvalue weighted by Crippen LogP contribution is 2.19. The quantitative estimate of drug-likeness (QED) is 0.628. The first-order valence-corrected chi connectivity index (χ1v) is 8.69. The zero-order valence-corrected chi connectivity index (χ0v) is 14.8. The van der Waals surface area contributed by atoms with E-state index in [1.54, 1.807) is 0 Å². The van der Waals surface area contributed by atoms with Gasteiger partial charge in [0, 0.05) is 29.8 Å². The Labute approximate surface area is 145 Å². The van der Waals surface area contributed by atoms with Crippen LogP contribution in [0.3, 0.4) is 0 Å². The summed E-state index contributed by atoms with van der Waals surface area (Å²) in [6.45, 7) is 5.43. The van der Waals surface area contributed by atoms with Crippen LogP contribution in [0.5, 0.6) is 0 Å². The van der Waals surface area contributed by atoms with Crippen molar-refractivity contribution in [2.45, 2.75) is 32.7 Å². The number of hydrogen-bond acceptors (Lipinski definition) is 0. The van der Waals surface area contributed by atoms with E-state index in [-0.39, 0.29) is 0 Å². The predicted molar refractivity (Wildman–Crippen MR) is 97.5 cm³/mol. The fourth-order valence-corrected chi connectivity index (χ4v) is 2.85. The SMILES string of the molecule is CCC(C)c1ccc(C[n+]2ccc(-c3cc[n+](C)cc3)cc2)cc1. The number of nitrogens with zero attached hydrogens (tertiary/aromatic N) is 2. The van der Waals surface area contributed by atoms with E-state index in [0.29, 0.717) is 5.92 Å². The monoisotopic (exact) mass is 318 g/mol. The van der Waals surface area contributed by atoms with Crippen LogP contribution < -0.4 is 9.13 Å². The molecule has 0 saturated heterocycles. The molecule has 24 heavy (non-hydrogen) atoms. The number of hydrogen-bond donors (Lipinski definition) is 0. The average Bonchev–Trinajstić information content (AvgIpc) is 2.63. The molecule has 2 aromatic heterocycles. The highest BCUT2D eigenvalue weighted by molar-refractivity contribution is 5.60. The molecule has 0 aliphatic heterocycles. The van der Waals surface area contributed by atoms with E-state index >= 15 is 0 Å². The summed E-state index contributed by atoms with van der Waals surface area (Å²) in [5, 5.41) is 0. The van der Waals surface area contributed by atoms with Crippen molar-refractivity contribution in [3.63, 3.8) is 0 Å². The molecule has 122 valence electrons. The van der Waals surface area contributed by atoms with Gasteiger partial charge in [0.05, 0.1) is 0 Å². The molecule has 0 bridgehead atoms. The van der Waals surface area contributed by atoms with Gasteiger partial charge in [0.25, 0.3) is 0 Å². The summed E-state index contributed by atoms with van der Waals surface area (Å²) < 4.78 is 4.28. The Balaban J connectivity index is 1.71. The molecule has 2 heterocycles. The van der Waals surface area contributed by atoms with E-state index in [4.69, 9.17) is 0 Å². The van der Waals surface area contributed by atoms with Crippen LogP contribution in [0.4, 0.5) is 0 Å². The second-order valence-electron chi connectivity index (χ2n) is 6.56. The lowest BCUT2D eigenvalue weighted by Crippen LogP contribution is -2.33. The van der Waals surface area contributed by atoms with Gasteiger partial charge >= 0.3 is 0 Å². The maximum atomic E-state index is 2.28. The van der Waals surface area contributed by atoms with Crippen LogP contribution >= 0.6 is 0 Å². The highest BCUT2D eigenvalue weighted by Gasteiger charge is 2.07. The van der Waals surface area contributed by atoms with Crippen LogP contribution in [0.15, 0.2) is 73.3 Å². The van der Waals surface area contributed by atoms with E-state index in [1.807, 2.05) is 7.05 Å². The van der Waals surface area contributed by atoms with Crippen LogP contribution in [-0.2, 0) is 13.6 Å². The van der Waals surface area contributed by atoms with E-state index in [1.165, 1.54) is 28.7 Å². The Morgan fingerprint density at radius 3 is 1.88 bits per heavy atom. The third kappa shape index (κ3) is 3.88. The van der Waals surface area contributed by atoms with Gasteiger partial charge in [-0.3, -0.25) is 0 Å². The summed E-state index contributed by atoms with van der Waals surface area (Å²) >= 11 is 0. The molecular formula is C22H26N2+2. The van der Waals surface area contributed by atoms with Crippen LogP contribution in [0.1, 0.15) is 37.3 Å². The van der Waals surface area contributed by atoms with Crippen LogP contribution in [0.25, 0.3) is 11.1 Å². The molecular weight excluding hydrogens is 292 g/mol. The Kier molecular flexibility index (Phi) is 5.05. The lowest BCUT2D eigenvalue weighted by atomic mass is 9.98. The van der Waals surface area contributed by atoms with Crippen molar-refractivity contribution in [1.29, 1.82) is 0 Å². The molecule has 1 aromatic carbocycles. The predicted octanol–water partition coefficient (Wildman–Crippen LogP) is 4.03. The zero-order chi connectivity index (χ0) is 16.9. The first-order chi connectivity index (χ1) is 11.7. The third-order valence-corrected chi connectivity index (χ3v) is 4.73. The van der Waals surface area contributed by atoms with E-state index in [0.717, 1.165) is 6.54 Å². The molecule has 1 unspecified atom stereocenters. The van der Waals surface area contributed by atoms with Crippen LogP contribution in [-0.4, -0.2) is 0 Å². The molecule has 0 spiro atoms. The average molecular weight is 318 g/mol. The van der Waals surface area contributed by atoms with Gasteiger partial charge in [-0.25, -0.2) is 9.13 Å². The van der Waals surface area contributed by atoms with Crippen LogP contribution in [0, 0.1) is 0 Å². The Morgan fingerprint density at radius 2 is 1.33 bits per heavy atom. The summed E-state index contributed by atoms with van der Waals surface area (Å²) in [6.07, 6.45) is 9.66. The molecule has 0 N–H and O–H groups in total. The lowest BCUT2D eigenvalue weighted by molar-refractivity contribution is -0.688. The molecule has 2 nitrogen and oxygen atoms in total. The van der Waals surface area contributed by atoms with Gasteiger partial charge in [-0.1, -0.05) is 38.1 Å². The van der Waals surface area contributed by atoms with Gasteiger partial charge in [0.2, 0.25) is 0 Å². The van der Waals surface area contributed by atoms with Gasteiger partial charge in [-0.2, -0.15) is 0 Å². The summed E-state index contributed by atoms with van der Waals surface area (Å²) in [6, 6.07) is 17.7. The summed E-state index contributed by atoms with van der Waals surface area (Å²) in [4.78, 5) is 0. The largest absolute Gasteiger partial charge is 0.208 e. The maximum absolute atomic E-state index is 2.28. The molecule has 0 aliphatic carbocycles. The normalized spacial score (nSPS) is 12.1.